The third-order valence-corrected chi connectivity index (χ3v) is 1.72. The Labute approximate surface area is 84.8 Å². The summed E-state index contributed by atoms with van der Waals surface area (Å²) in [5.41, 5.74) is 0. The third kappa shape index (κ3) is 1.83. The molecule has 2 unspecified atom stereocenters. The second-order valence-corrected chi connectivity index (χ2v) is 2.74. The molecule has 0 radical (unpaired) electrons. The van der Waals surface area contributed by atoms with E-state index >= 15 is 0 Å². The zero-order valence-corrected chi connectivity index (χ0v) is 7.23. The average Bonchev–Trinajstić information content (AvgIpc) is 2.21. The quantitative estimate of drug-likeness (QED) is 0.571. The fourth-order valence-electron chi connectivity index (χ4n) is 1.00. The molecule has 1 aliphatic rings. The van der Waals surface area contributed by atoms with Gasteiger partial charge in [-0.2, -0.15) is 0 Å². The summed E-state index contributed by atoms with van der Waals surface area (Å²) in [6, 6.07) is 0. The molecule has 16 heavy (non-hydrogen) atoms. The van der Waals surface area contributed by atoms with Crippen LogP contribution in [0.25, 0.3) is 0 Å². The van der Waals surface area contributed by atoms with Gasteiger partial charge in [0, 0.05) is 0 Å². The van der Waals surface area contributed by atoms with Crippen LogP contribution in [0.4, 0.5) is 26.3 Å². The van der Waals surface area contributed by atoms with Gasteiger partial charge in [0.2, 0.25) is 12.0 Å². The summed E-state index contributed by atoms with van der Waals surface area (Å²) < 4.78 is 79.6. The van der Waals surface area contributed by atoms with Gasteiger partial charge in [0.25, 0.3) is 5.85 Å². The highest BCUT2D eigenvalue weighted by Gasteiger charge is 2.57. The van der Waals surface area contributed by atoms with E-state index in [9.17, 15) is 26.3 Å². The summed E-state index contributed by atoms with van der Waals surface area (Å²) in [4.78, 5) is 0. The minimum absolute atomic E-state index is 2.55. The smallest absolute Gasteiger partial charge is 0.402 e. The molecule has 10 heteroatoms. The maximum absolute atomic E-state index is 13.3. The minimum atomic E-state index is -4.46. The molecule has 0 aliphatic heterocycles. The molecule has 0 amide bonds. The summed E-state index contributed by atoms with van der Waals surface area (Å²) in [7, 11) is -3.05. The highest BCUT2D eigenvalue weighted by molar-refractivity contribution is 6.32. The Morgan fingerprint density at radius 3 is 2.06 bits per heavy atom. The van der Waals surface area contributed by atoms with Gasteiger partial charge in [0.1, 0.15) is 0 Å². The number of alkyl halides is 2. The molecule has 0 aromatic carbocycles. The van der Waals surface area contributed by atoms with Crippen molar-refractivity contribution in [1.82, 2.24) is 0 Å². The van der Waals surface area contributed by atoms with Crippen molar-refractivity contribution in [2.24, 2.45) is 0 Å². The number of rotatable bonds is 2. The molecular weight excluding hydrogens is 245 g/mol. The normalized spacial score (nSPS) is 31.1. The molecule has 0 heterocycles. The fourth-order valence-corrected chi connectivity index (χ4v) is 1.00. The Morgan fingerprint density at radius 2 is 1.62 bits per heavy atom. The molecule has 0 fully saturated rings. The number of hydrogen-bond acceptors (Lipinski definition) is 3. The van der Waals surface area contributed by atoms with E-state index in [0.29, 0.717) is 0 Å². The van der Waals surface area contributed by atoms with Crippen LogP contribution in [0.1, 0.15) is 0 Å². The van der Waals surface area contributed by atoms with Gasteiger partial charge >= 0.3 is 7.32 Å². The Balaban J connectivity index is 3.24. The summed E-state index contributed by atoms with van der Waals surface area (Å²) in [5, 5.41) is 16.3. The zero-order valence-electron chi connectivity index (χ0n) is 7.23. The lowest BCUT2D eigenvalue weighted by Gasteiger charge is -2.29. The van der Waals surface area contributed by atoms with Gasteiger partial charge < -0.3 is 14.7 Å². The second-order valence-electron chi connectivity index (χ2n) is 2.74. The van der Waals surface area contributed by atoms with Gasteiger partial charge in [-0.15, -0.1) is 0 Å². The van der Waals surface area contributed by atoms with Crippen LogP contribution in [0.3, 0.4) is 0 Å². The minimum Gasteiger partial charge on any atom is -0.402 e. The first kappa shape index (κ1) is 13.1. The SMILES string of the molecule is OB(O)OC1(F)C(F)=C(F)C(F)=C(F)C1F. The van der Waals surface area contributed by atoms with Crippen LogP contribution in [0.2, 0.25) is 0 Å². The molecule has 0 saturated heterocycles. The van der Waals surface area contributed by atoms with E-state index in [4.69, 9.17) is 10.0 Å². The Bertz CT molecular complexity index is 369. The van der Waals surface area contributed by atoms with Crippen molar-refractivity contribution in [3.8, 4) is 0 Å². The maximum Gasteiger partial charge on any atom is 0.636 e. The molecule has 2 N–H and O–H groups in total. The van der Waals surface area contributed by atoms with E-state index in [1.165, 1.54) is 0 Å². The van der Waals surface area contributed by atoms with Crippen LogP contribution < -0.4 is 0 Å². The predicted octanol–water partition coefficient (Wildman–Crippen LogP) is 1.29. The van der Waals surface area contributed by atoms with Crippen LogP contribution in [0.15, 0.2) is 23.3 Å². The topological polar surface area (TPSA) is 49.7 Å². The first-order chi connectivity index (χ1) is 7.21. The highest BCUT2D eigenvalue weighted by atomic mass is 19.2. The van der Waals surface area contributed by atoms with Crippen LogP contribution >= 0.6 is 0 Å². The molecule has 0 aromatic heterocycles. The Hall–Kier alpha value is -0.995. The summed E-state index contributed by atoms with van der Waals surface area (Å²) in [5.74, 6) is -15.0. The molecule has 0 bridgehead atoms. The Morgan fingerprint density at radius 1 is 1.12 bits per heavy atom. The van der Waals surface area contributed by atoms with Gasteiger partial charge in [0.05, 0.1) is 0 Å². The van der Waals surface area contributed by atoms with Crippen molar-refractivity contribution in [1.29, 1.82) is 0 Å². The van der Waals surface area contributed by atoms with E-state index in [1.54, 1.807) is 0 Å². The molecule has 0 spiro atoms. The average molecular weight is 248 g/mol. The Kier molecular flexibility index (Phi) is 3.36. The van der Waals surface area contributed by atoms with Gasteiger partial charge in [-0.3, -0.25) is 0 Å². The monoisotopic (exact) mass is 248 g/mol. The van der Waals surface area contributed by atoms with Crippen molar-refractivity contribution in [3.05, 3.63) is 23.3 Å². The number of allylic oxidation sites excluding steroid dienone is 2. The largest absolute Gasteiger partial charge is 0.636 e. The van der Waals surface area contributed by atoms with Crippen molar-refractivity contribution < 1.29 is 41.0 Å². The van der Waals surface area contributed by atoms with Crippen LogP contribution in [-0.2, 0) is 4.65 Å². The molecule has 2 atom stereocenters. The molecular formula is C6H3BF6O3. The molecule has 0 saturated carbocycles. The van der Waals surface area contributed by atoms with E-state index in [1.807, 2.05) is 0 Å². The summed E-state index contributed by atoms with van der Waals surface area (Å²) >= 11 is 0. The van der Waals surface area contributed by atoms with Gasteiger partial charge in [-0.05, 0) is 0 Å². The number of hydrogen-bond donors (Lipinski definition) is 2. The number of halogens is 6. The van der Waals surface area contributed by atoms with Crippen molar-refractivity contribution in [2.75, 3.05) is 0 Å². The van der Waals surface area contributed by atoms with Gasteiger partial charge in [-0.25, -0.2) is 26.3 Å². The van der Waals surface area contributed by atoms with Gasteiger partial charge in [0.15, 0.2) is 17.5 Å². The zero-order chi connectivity index (χ0) is 12.7. The van der Waals surface area contributed by atoms with Crippen LogP contribution in [0, 0.1) is 0 Å². The summed E-state index contributed by atoms with van der Waals surface area (Å²) in [6.07, 6.45) is -3.69. The lowest BCUT2D eigenvalue weighted by Crippen LogP contribution is -2.46. The highest BCUT2D eigenvalue weighted by Crippen LogP contribution is 2.45. The molecule has 3 nitrogen and oxygen atoms in total. The molecule has 1 rings (SSSR count). The molecule has 90 valence electrons. The van der Waals surface area contributed by atoms with E-state index < -0.39 is 42.7 Å². The van der Waals surface area contributed by atoms with E-state index in [-0.39, 0.29) is 0 Å². The third-order valence-electron chi connectivity index (χ3n) is 1.72. The van der Waals surface area contributed by atoms with Crippen molar-refractivity contribution in [3.63, 3.8) is 0 Å². The van der Waals surface area contributed by atoms with Crippen molar-refractivity contribution in [2.45, 2.75) is 12.0 Å². The summed E-state index contributed by atoms with van der Waals surface area (Å²) in [6.45, 7) is 0. The van der Waals surface area contributed by atoms with Crippen LogP contribution in [-0.4, -0.2) is 29.4 Å². The predicted molar refractivity (Wildman–Crippen MR) is 38.5 cm³/mol. The fraction of sp³-hybridized carbons (Fsp3) is 0.333. The second kappa shape index (κ2) is 4.11. The first-order valence-electron chi connectivity index (χ1n) is 3.70. The molecule has 1 aliphatic carbocycles. The standard InChI is InChI=1S/C6H3BF6O3/c8-1-2(9)4(11)6(13,16-7(14)15)5(12)3(1)10/h4,14-15H. The lowest BCUT2D eigenvalue weighted by atomic mass is 10.0. The maximum atomic E-state index is 13.3. The van der Waals surface area contributed by atoms with Gasteiger partial charge in [-0.1, -0.05) is 0 Å². The van der Waals surface area contributed by atoms with Crippen molar-refractivity contribution >= 4 is 7.32 Å². The first-order valence-corrected chi connectivity index (χ1v) is 3.70. The lowest BCUT2D eigenvalue weighted by molar-refractivity contribution is -0.126. The van der Waals surface area contributed by atoms with E-state index in [0.717, 1.165) is 0 Å². The molecule has 0 aromatic rings. The van der Waals surface area contributed by atoms with E-state index in [2.05, 4.69) is 4.65 Å². The van der Waals surface area contributed by atoms with Crippen LogP contribution in [0.5, 0.6) is 0 Å².